The number of carboxylic acid groups (broad SMARTS) is 1. The van der Waals surface area contributed by atoms with Crippen molar-refractivity contribution in [1.29, 1.82) is 0 Å². The molecule has 0 aliphatic heterocycles. The minimum atomic E-state index is -1.08. The van der Waals surface area contributed by atoms with Crippen LogP contribution in [0.5, 0.6) is 0 Å². The van der Waals surface area contributed by atoms with E-state index in [0.717, 1.165) is 12.8 Å². The van der Waals surface area contributed by atoms with E-state index in [-0.39, 0.29) is 12.5 Å². The zero-order chi connectivity index (χ0) is 16.4. The number of unbranched alkanes of at least 4 members (excludes halogenated alkanes) is 1. The van der Waals surface area contributed by atoms with Crippen molar-refractivity contribution in [3.05, 3.63) is 35.9 Å². The highest BCUT2D eigenvalue weighted by Crippen LogP contribution is 2.27. The standard InChI is InChI=1S/C17H25NO4/c1-3-17(16(20)21,14-9-5-4-6-10-14)13-18-15(19)11-7-8-12-22-2/h4-6,9-10H,3,7-8,11-13H2,1-2H3,(H,18,19)(H,20,21). The number of ether oxygens (including phenoxy) is 1. The lowest BCUT2D eigenvalue weighted by Crippen LogP contribution is -2.46. The molecule has 0 saturated carbocycles. The number of amides is 1. The summed E-state index contributed by atoms with van der Waals surface area (Å²) in [6.45, 7) is 2.56. The highest BCUT2D eigenvalue weighted by atomic mass is 16.5. The number of hydrogen-bond acceptors (Lipinski definition) is 3. The van der Waals surface area contributed by atoms with E-state index in [2.05, 4.69) is 5.32 Å². The summed E-state index contributed by atoms with van der Waals surface area (Å²) in [5.41, 5.74) is -0.367. The molecule has 1 aromatic rings. The molecule has 1 rings (SSSR count). The Morgan fingerprint density at radius 2 is 1.91 bits per heavy atom. The normalized spacial score (nSPS) is 13.4. The molecule has 0 aliphatic rings. The van der Waals surface area contributed by atoms with Crippen molar-refractivity contribution < 1.29 is 19.4 Å². The largest absolute Gasteiger partial charge is 0.481 e. The van der Waals surface area contributed by atoms with E-state index in [1.165, 1.54) is 0 Å². The molecule has 0 aromatic heterocycles. The first-order valence-corrected chi connectivity index (χ1v) is 7.61. The van der Waals surface area contributed by atoms with E-state index in [9.17, 15) is 14.7 Å². The quantitative estimate of drug-likeness (QED) is 0.651. The number of carbonyl (C=O) groups is 2. The van der Waals surface area contributed by atoms with E-state index in [0.29, 0.717) is 25.0 Å². The van der Waals surface area contributed by atoms with Gasteiger partial charge in [0.1, 0.15) is 5.41 Å². The summed E-state index contributed by atoms with van der Waals surface area (Å²) >= 11 is 0. The molecule has 1 aromatic carbocycles. The van der Waals surface area contributed by atoms with Crippen LogP contribution < -0.4 is 5.32 Å². The number of carboxylic acids is 1. The van der Waals surface area contributed by atoms with Crippen LogP contribution in [-0.4, -0.2) is 37.2 Å². The van der Waals surface area contributed by atoms with Gasteiger partial charge in [-0.2, -0.15) is 0 Å². The van der Waals surface area contributed by atoms with Gasteiger partial charge in [-0.15, -0.1) is 0 Å². The Hall–Kier alpha value is -1.88. The molecule has 0 radical (unpaired) electrons. The van der Waals surface area contributed by atoms with E-state index in [4.69, 9.17) is 4.74 Å². The molecule has 2 N–H and O–H groups in total. The zero-order valence-electron chi connectivity index (χ0n) is 13.3. The van der Waals surface area contributed by atoms with Crippen molar-refractivity contribution >= 4 is 11.9 Å². The molecular weight excluding hydrogens is 282 g/mol. The number of rotatable bonds is 10. The second-order valence-corrected chi connectivity index (χ2v) is 5.33. The van der Waals surface area contributed by atoms with E-state index < -0.39 is 11.4 Å². The number of methoxy groups -OCH3 is 1. The summed E-state index contributed by atoms with van der Waals surface area (Å²) in [5, 5.41) is 12.4. The van der Waals surface area contributed by atoms with Crippen LogP contribution in [0.3, 0.4) is 0 Å². The number of hydrogen-bond donors (Lipinski definition) is 2. The Kier molecular flexibility index (Phi) is 7.60. The Labute approximate surface area is 131 Å². The topological polar surface area (TPSA) is 75.6 Å². The molecule has 0 fully saturated rings. The van der Waals surface area contributed by atoms with Crippen LogP contribution in [0.15, 0.2) is 30.3 Å². The highest BCUT2D eigenvalue weighted by Gasteiger charge is 2.38. The minimum Gasteiger partial charge on any atom is -0.481 e. The van der Waals surface area contributed by atoms with Crippen molar-refractivity contribution in [2.24, 2.45) is 0 Å². The van der Waals surface area contributed by atoms with Gasteiger partial charge in [-0.1, -0.05) is 37.3 Å². The molecule has 0 bridgehead atoms. The fourth-order valence-electron chi connectivity index (χ4n) is 2.41. The van der Waals surface area contributed by atoms with Gasteiger partial charge in [0, 0.05) is 26.7 Å². The SMILES string of the molecule is CCC(CNC(=O)CCCCOC)(C(=O)O)c1ccccc1. The highest BCUT2D eigenvalue weighted by molar-refractivity contribution is 5.83. The maximum atomic E-state index is 11.9. The number of benzene rings is 1. The maximum absolute atomic E-state index is 11.9. The molecular formula is C17H25NO4. The summed E-state index contributed by atoms with van der Waals surface area (Å²) < 4.78 is 4.94. The first-order chi connectivity index (χ1) is 10.6. The third-order valence-electron chi connectivity index (χ3n) is 3.93. The van der Waals surface area contributed by atoms with E-state index in [1.807, 2.05) is 25.1 Å². The molecule has 0 heterocycles. The minimum absolute atomic E-state index is 0.103. The van der Waals surface area contributed by atoms with Crippen LogP contribution in [0.4, 0.5) is 0 Å². The van der Waals surface area contributed by atoms with Gasteiger partial charge < -0.3 is 15.2 Å². The zero-order valence-corrected chi connectivity index (χ0v) is 13.3. The fraction of sp³-hybridized carbons (Fsp3) is 0.529. The Bertz CT molecular complexity index is 475. The lowest BCUT2D eigenvalue weighted by atomic mass is 9.78. The van der Waals surface area contributed by atoms with Gasteiger partial charge in [-0.05, 0) is 24.8 Å². The monoisotopic (exact) mass is 307 g/mol. The van der Waals surface area contributed by atoms with E-state index >= 15 is 0 Å². The Balaban J connectivity index is 2.67. The van der Waals surface area contributed by atoms with Gasteiger partial charge in [0.15, 0.2) is 0 Å². The molecule has 22 heavy (non-hydrogen) atoms. The third-order valence-corrected chi connectivity index (χ3v) is 3.93. The van der Waals surface area contributed by atoms with Gasteiger partial charge >= 0.3 is 5.97 Å². The van der Waals surface area contributed by atoms with Crippen molar-refractivity contribution in [2.75, 3.05) is 20.3 Å². The van der Waals surface area contributed by atoms with Crippen LogP contribution in [0.1, 0.15) is 38.2 Å². The average Bonchev–Trinajstić information content (AvgIpc) is 2.53. The number of aliphatic carboxylic acids is 1. The summed E-state index contributed by atoms with van der Waals surface area (Å²) in [4.78, 5) is 23.7. The maximum Gasteiger partial charge on any atom is 0.315 e. The van der Waals surface area contributed by atoms with Crippen molar-refractivity contribution in [3.8, 4) is 0 Å². The Morgan fingerprint density at radius 3 is 2.45 bits per heavy atom. The van der Waals surface area contributed by atoms with Crippen molar-refractivity contribution in [1.82, 2.24) is 5.32 Å². The van der Waals surface area contributed by atoms with Crippen LogP contribution in [0.25, 0.3) is 0 Å². The van der Waals surface area contributed by atoms with Crippen LogP contribution >= 0.6 is 0 Å². The predicted molar refractivity (Wildman–Crippen MR) is 84.8 cm³/mol. The number of carbonyl (C=O) groups excluding carboxylic acids is 1. The Morgan fingerprint density at radius 1 is 1.23 bits per heavy atom. The summed E-state index contributed by atoms with van der Waals surface area (Å²) in [6.07, 6.45) is 2.35. The van der Waals surface area contributed by atoms with Crippen molar-refractivity contribution in [3.63, 3.8) is 0 Å². The predicted octanol–water partition coefficient (Wildman–Crippen LogP) is 2.35. The summed E-state index contributed by atoms with van der Waals surface area (Å²) in [6, 6.07) is 9.06. The lowest BCUT2D eigenvalue weighted by molar-refractivity contribution is -0.144. The third kappa shape index (κ3) is 4.84. The van der Waals surface area contributed by atoms with Crippen LogP contribution in [-0.2, 0) is 19.7 Å². The second-order valence-electron chi connectivity index (χ2n) is 5.33. The van der Waals surface area contributed by atoms with Gasteiger partial charge in [0.05, 0.1) is 0 Å². The molecule has 1 amide bonds. The molecule has 1 atom stereocenters. The van der Waals surface area contributed by atoms with Gasteiger partial charge in [-0.3, -0.25) is 9.59 Å². The molecule has 5 nitrogen and oxygen atoms in total. The first kappa shape index (κ1) is 18.2. The van der Waals surface area contributed by atoms with Crippen LogP contribution in [0, 0.1) is 0 Å². The second kappa shape index (κ2) is 9.20. The summed E-state index contributed by atoms with van der Waals surface area (Å²) in [7, 11) is 1.63. The smallest absolute Gasteiger partial charge is 0.315 e. The van der Waals surface area contributed by atoms with Gasteiger partial charge in [0.25, 0.3) is 0 Å². The molecule has 0 spiro atoms. The first-order valence-electron chi connectivity index (χ1n) is 7.61. The van der Waals surface area contributed by atoms with E-state index in [1.54, 1.807) is 19.2 Å². The molecule has 122 valence electrons. The van der Waals surface area contributed by atoms with Crippen LogP contribution in [0.2, 0.25) is 0 Å². The fourth-order valence-corrected chi connectivity index (χ4v) is 2.41. The summed E-state index contributed by atoms with van der Waals surface area (Å²) in [5.74, 6) is -1.04. The number of nitrogens with one attached hydrogen (secondary N) is 1. The lowest BCUT2D eigenvalue weighted by Gasteiger charge is -2.29. The molecule has 1 unspecified atom stereocenters. The molecule has 0 saturated heterocycles. The van der Waals surface area contributed by atoms with Crippen molar-refractivity contribution in [2.45, 2.75) is 38.0 Å². The average molecular weight is 307 g/mol. The molecule has 5 heteroatoms. The molecule has 0 aliphatic carbocycles. The van der Waals surface area contributed by atoms with Gasteiger partial charge in [0.2, 0.25) is 5.91 Å². The van der Waals surface area contributed by atoms with Gasteiger partial charge in [-0.25, -0.2) is 0 Å².